The van der Waals surface area contributed by atoms with Gasteiger partial charge in [-0.2, -0.15) is 0 Å². The highest BCUT2D eigenvalue weighted by Gasteiger charge is 2.42. The van der Waals surface area contributed by atoms with Crippen molar-refractivity contribution < 1.29 is 23.8 Å². The van der Waals surface area contributed by atoms with Crippen molar-refractivity contribution in [1.29, 1.82) is 0 Å². The molecular weight excluding hydrogens is 777 g/mol. The largest absolute Gasteiger partial charge is 0.511 e. The highest BCUT2D eigenvalue weighted by molar-refractivity contribution is 6.02. The first-order valence-electron chi connectivity index (χ1n) is 21.1. The van der Waals surface area contributed by atoms with Crippen LogP contribution in [0, 0.1) is 6.92 Å². The molecule has 8 aromatic rings. The standard InChI is InChI=1S/C51H46N6O5/c1-35-52-46-29-17-28-45(49(58)60-36(2)61-50(59)62-42-24-13-6-14-25-42)47(46)56(35)34-37-30-32-38(33-31-37)43-26-15-16-27-44(43)48-53-54-55-57(48)51(39-18-7-3-8-19-39,40-20-9-4-10-21-40)41-22-11-5-12-23-41/h3-5,7-12,15-23,26-33,36,42H,6,13-14,24-25,34H2,1-2H3/t36-/m0/s1. The number of esters is 1. The molecule has 1 fully saturated rings. The van der Waals surface area contributed by atoms with Gasteiger partial charge in [-0.25, -0.2) is 19.3 Å². The van der Waals surface area contributed by atoms with Crippen molar-refractivity contribution in [2.75, 3.05) is 0 Å². The smallest absolute Gasteiger partial charge is 0.431 e. The van der Waals surface area contributed by atoms with E-state index >= 15 is 0 Å². The zero-order valence-corrected chi connectivity index (χ0v) is 34.6. The van der Waals surface area contributed by atoms with Gasteiger partial charge in [0.15, 0.2) is 5.82 Å². The van der Waals surface area contributed by atoms with Gasteiger partial charge in [-0.1, -0.05) is 152 Å². The van der Waals surface area contributed by atoms with Crippen molar-refractivity contribution in [3.8, 4) is 22.5 Å². The Morgan fingerprint density at radius 1 is 0.694 bits per heavy atom. The Balaban J connectivity index is 1.02. The number of carbonyl (C=O) groups excluding carboxylic acids is 2. The van der Waals surface area contributed by atoms with Gasteiger partial charge in [0.25, 0.3) is 0 Å². The van der Waals surface area contributed by atoms with Crippen LogP contribution in [0.1, 0.15) is 77.5 Å². The van der Waals surface area contributed by atoms with Crippen LogP contribution in [0.2, 0.25) is 0 Å². The van der Waals surface area contributed by atoms with Crippen molar-refractivity contribution >= 4 is 23.2 Å². The van der Waals surface area contributed by atoms with Crippen LogP contribution in [0.5, 0.6) is 0 Å². The second-order valence-corrected chi connectivity index (χ2v) is 15.6. The van der Waals surface area contributed by atoms with Gasteiger partial charge in [0.05, 0.1) is 16.6 Å². The number of ether oxygens (including phenoxy) is 3. The van der Waals surface area contributed by atoms with Gasteiger partial charge in [-0.3, -0.25) is 0 Å². The SMILES string of the molecule is Cc1nc2cccc(C(=O)O[C@H](C)OC(=O)OC3CCCCC3)c2n1Cc1ccc(-c2ccccc2-c2nnnn2C(c2ccccc2)(c2ccccc2)c2ccccc2)cc1. The molecule has 1 aliphatic carbocycles. The van der Waals surface area contributed by atoms with E-state index in [0.29, 0.717) is 29.0 Å². The molecule has 9 rings (SSSR count). The maximum Gasteiger partial charge on any atom is 0.511 e. The summed E-state index contributed by atoms with van der Waals surface area (Å²) in [4.78, 5) is 30.8. The highest BCUT2D eigenvalue weighted by Crippen LogP contribution is 2.43. The quantitative estimate of drug-likeness (QED) is 0.0673. The molecule has 0 saturated heterocycles. The van der Waals surface area contributed by atoms with E-state index in [1.807, 2.05) is 89.0 Å². The maximum atomic E-state index is 13.6. The fourth-order valence-corrected chi connectivity index (χ4v) is 8.77. The predicted molar refractivity (Wildman–Crippen MR) is 236 cm³/mol. The Kier molecular flexibility index (Phi) is 11.4. The Hall–Kier alpha value is -7.40. The lowest BCUT2D eigenvalue weighted by atomic mass is 9.77. The van der Waals surface area contributed by atoms with E-state index in [-0.39, 0.29) is 6.10 Å². The predicted octanol–water partition coefficient (Wildman–Crippen LogP) is 10.5. The summed E-state index contributed by atoms with van der Waals surface area (Å²) in [5.41, 5.74) is 7.58. The van der Waals surface area contributed by atoms with Crippen LogP contribution in [-0.2, 0) is 26.3 Å². The first-order chi connectivity index (χ1) is 30.4. The number of aryl methyl sites for hydroxylation is 1. The molecule has 0 amide bonds. The number of nitrogens with zero attached hydrogens (tertiary/aromatic N) is 6. The van der Waals surface area contributed by atoms with Gasteiger partial charge >= 0.3 is 12.1 Å². The Morgan fingerprint density at radius 2 is 1.29 bits per heavy atom. The van der Waals surface area contributed by atoms with E-state index < -0.39 is 24.0 Å². The second-order valence-electron chi connectivity index (χ2n) is 15.6. The van der Waals surface area contributed by atoms with Crippen LogP contribution in [-0.4, -0.2) is 54.3 Å². The normalized spacial score (nSPS) is 13.7. The van der Waals surface area contributed by atoms with Crippen molar-refractivity contribution in [3.63, 3.8) is 0 Å². The number of para-hydroxylation sites is 1. The Labute approximate surface area is 359 Å². The molecule has 6 aromatic carbocycles. The van der Waals surface area contributed by atoms with Gasteiger partial charge in [-0.05, 0) is 88.5 Å². The number of hydrogen-bond donors (Lipinski definition) is 0. The molecule has 2 heterocycles. The van der Waals surface area contributed by atoms with Crippen molar-refractivity contribution in [3.05, 3.63) is 191 Å². The summed E-state index contributed by atoms with van der Waals surface area (Å²) in [7, 11) is 0. The average Bonchev–Trinajstić information content (AvgIpc) is 3.92. The van der Waals surface area contributed by atoms with Crippen molar-refractivity contribution in [1.82, 2.24) is 29.8 Å². The highest BCUT2D eigenvalue weighted by atomic mass is 16.8. The minimum atomic E-state index is -1.14. The van der Waals surface area contributed by atoms with Gasteiger partial charge in [0.1, 0.15) is 17.5 Å². The van der Waals surface area contributed by atoms with Crippen LogP contribution < -0.4 is 0 Å². The molecule has 11 nitrogen and oxygen atoms in total. The molecule has 11 heteroatoms. The van der Waals surface area contributed by atoms with Crippen LogP contribution in [0.25, 0.3) is 33.5 Å². The average molecular weight is 823 g/mol. The number of benzene rings is 6. The molecule has 0 unspecified atom stereocenters. The summed E-state index contributed by atoms with van der Waals surface area (Å²) in [5.74, 6) is 0.724. The fraction of sp³-hybridized carbons (Fsp3) is 0.216. The number of tetrazole rings is 1. The van der Waals surface area contributed by atoms with Crippen LogP contribution in [0.4, 0.5) is 4.79 Å². The topological polar surface area (TPSA) is 123 Å². The molecule has 1 aliphatic rings. The number of fused-ring (bicyclic) bond motifs is 1. The van der Waals surface area contributed by atoms with Crippen molar-refractivity contribution in [2.45, 2.75) is 70.4 Å². The number of aromatic nitrogens is 6. The lowest BCUT2D eigenvalue weighted by molar-refractivity contribution is -0.0914. The number of carbonyl (C=O) groups is 2. The summed E-state index contributed by atoms with van der Waals surface area (Å²) in [6.07, 6.45) is 2.65. The fourth-order valence-electron chi connectivity index (χ4n) is 8.77. The molecule has 0 N–H and O–H groups in total. The molecule has 0 bridgehead atoms. The summed E-state index contributed by atoms with van der Waals surface area (Å²) >= 11 is 0. The minimum Gasteiger partial charge on any atom is -0.431 e. The van der Waals surface area contributed by atoms with Gasteiger partial charge in [-0.15, -0.1) is 5.10 Å². The third-order valence-electron chi connectivity index (χ3n) is 11.7. The maximum absolute atomic E-state index is 13.6. The number of hydrogen-bond acceptors (Lipinski definition) is 9. The van der Waals surface area contributed by atoms with E-state index in [1.54, 1.807) is 12.1 Å². The Bertz CT molecular complexity index is 2700. The molecule has 0 spiro atoms. The van der Waals surface area contributed by atoms with E-state index in [0.717, 1.165) is 76.9 Å². The molecule has 1 atom stereocenters. The Morgan fingerprint density at radius 3 is 1.92 bits per heavy atom. The van der Waals surface area contributed by atoms with Gasteiger partial charge < -0.3 is 18.8 Å². The third kappa shape index (κ3) is 7.85. The van der Waals surface area contributed by atoms with Gasteiger partial charge in [0.2, 0.25) is 6.29 Å². The molecule has 0 radical (unpaired) electrons. The third-order valence-corrected chi connectivity index (χ3v) is 11.7. The molecular formula is C51H46N6O5. The minimum absolute atomic E-state index is 0.168. The first-order valence-corrected chi connectivity index (χ1v) is 21.1. The van der Waals surface area contributed by atoms with Crippen LogP contribution >= 0.6 is 0 Å². The lowest BCUT2D eigenvalue weighted by Crippen LogP contribution is -2.39. The summed E-state index contributed by atoms with van der Waals surface area (Å²) in [6.45, 7) is 3.87. The van der Waals surface area contributed by atoms with E-state index in [9.17, 15) is 9.59 Å². The lowest BCUT2D eigenvalue weighted by Gasteiger charge is -2.36. The van der Waals surface area contributed by atoms with Crippen LogP contribution in [0.3, 0.4) is 0 Å². The molecule has 1 saturated carbocycles. The van der Waals surface area contributed by atoms with Crippen molar-refractivity contribution in [2.24, 2.45) is 0 Å². The molecule has 310 valence electrons. The number of imidazole rings is 1. The summed E-state index contributed by atoms with van der Waals surface area (Å²) in [5, 5.41) is 13.8. The van der Waals surface area contributed by atoms with Gasteiger partial charge in [0, 0.05) is 19.0 Å². The van der Waals surface area contributed by atoms with Crippen LogP contribution in [0.15, 0.2) is 158 Å². The van der Waals surface area contributed by atoms with E-state index in [1.165, 1.54) is 6.92 Å². The summed E-state index contributed by atoms with van der Waals surface area (Å²) in [6, 6.07) is 52.9. The molecule has 62 heavy (non-hydrogen) atoms. The summed E-state index contributed by atoms with van der Waals surface area (Å²) < 4.78 is 20.3. The first kappa shape index (κ1) is 40.0. The zero-order chi connectivity index (χ0) is 42.5. The monoisotopic (exact) mass is 822 g/mol. The zero-order valence-electron chi connectivity index (χ0n) is 34.6. The second kappa shape index (κ2) is 17.7. The van der Waals surface area contributed by atoms with E-state index in [4.69, 9.17) is 29.5 Å². The molecule has 0 aliphatic heterocycles. The number of rotatable bonds is 12. The van der Waals surface area contributed by atoms with E-state index in [2.05, 4.69) is 78.0 Å². The molecule has 2 aromatic heterocycles.